The molecule has 2 N–H and O–H groups in total. The minimum atomic E-state index is -1.06. The Morgan fingerprint density at radius 2 is 1.88 bits per heavy atom. The molecule has 1 amide bonds. The molecule has 8 heteroatoms. The Balaban J connectivity index is 2.27. The van der Waals surface area contributed by atoms with E-state index < -0.39 is 17.8 Å². The normalized spacial score (nSPS) is 14.8. The summed E-state index contributed by atoms with van der Waals surface area (Å²) in [5.41, 5.74) is 1.40. The molecule has 0 fully saturated rings. The van der Waals surface area contributed by atoms with Gasteiger partial charge in [0.25, 0.3) is 5.91 Å². The van der Waals surface area contributed by atoms with E-state index in [2.05, 4.69) is 26.0 Å². The predicted octanol–water partition coefficient (Wildman–Crippen LogP) is 4.14. The number of carbonyl (C=O) groups is 3. The number of rotatable bonds is 5. The van der Waals surface area contributed by atoms with Crippen molar-refractivity contribution in [3.63, 3.8) is 0 Å². The highest BCUT2D eigenvalue weighted by Gasteiger charge is 2.23. The highest BCUT2D eigenvalue weighted by atomic mass is 79.9. The fraction of sp³-hybridized carbons (Fsp3) is 0.278. The molecule has 0 saturated heterocycles. The molecule has 1 aromatic carbocycles. The van der Waals surface area contributed by atoms with Crippen molar-refractivity contribution in [2.24, 2.45) is 0 Å². The van der Waals surface area contributed by atoms with Gasteiger partial charge < -0.3 is 15.2 Å². The SMILES string of the molecule is COC(=O)C(Br)=Cc1cc(NC(=O)C2=C(C(=O)O)CCCC2)ccc1Cl. The van der Waals surface area contributed by atoms with Crippen molar-refractivity contribution >= 4 is 57.1 Å². The highest BCUT2D eigenvalue weighted by molar-refractivity contribution is 9.12. The number of anilines is 1. The maximum absolute atomic E-state index is 12.5. The smallest absolute Gasteiger partial charge is 0.344 e. The van der Waals surface area contributed by atoms with Crippen molar-refractivity contribution in [1.29, 1.82) is 0 Å². The molecule has 0 heterocycles. The van der Waals surface area contributed by atoms with Crippen LogP contribution in [-0.4, -0.2) is 30.1 Å². The maximum Gasteiger partial charge on any atom is 0.344 e. The quantitative estimate of drug-likeness (QED) is 0.528. The second-order valence-corrected chi connectivity index (χ2v) is 6.91. The van der Waals surface area contributed by atoms with Gasteiger partial charge in [0.15, 0.2) is 0 Å². The minimum Gasteiger partial charge on any atom is -0.478 e. The van der Waals surface area contributed by atoms with Crippen LogP contribution in [-0.2, 0) is 19.1 Å². The Morgan fingerprint density at radius 1 is 1.23 bits per heavy atom. The summed E-state index contributed by atoms with van der Waals surface area (Å²) in [7, 11) is 1.26. The molecule has 6 nitrogen and oxygen atoms in total. The third-order valence-electron chi connectivity index (χ3n) is 3.92. The molecule has 0 bridgehead atoms. The average molecular weight is 443 g/mol. The van der Waals surface area contributed by atoms with Crippen molar-refractivity contribution in [3.05, 3.63) is 44.4 Å². The fourth-order valence-electron chi connectivity index (χ4n) is 2.62. The van der Waals surface area contributed by atoms with E-state index in [4.69, 9.17) is 11.6 Å². The van der Waals surface area contributed by atoms with Gasteiger partial charge in [-0.2, -0.15) is 0 Å². The van der Waals surface area contributed by atoms with Gasteiger partial charge in [-0.05, 0) is 71.5 Å². The van der Waals surface area contributed by atoms with E-state index in [1.165, 1.54) is 13.2 Å². The number of hydrogen-bond acceptors (Lipinski definition) is 4. The first-order valence-corrected chi connectivity index (χ1v) is 9.02. The number of ether oxygens (including phenoxy) is 1. The largest absolute Gasteiger partial charge is 0.478 e. The van der Waals surface area contributed by atoms with Crippen LogP contribution in [0.15, 0.2) is 33.8 Å². The number of nitrogens with one attached hydrogen (secondary N) is 1. The summed E-state index contributed by atoms with van der Waals surface area (Å²) in [5.74, 6) is -2.06. The molecular formula is C18H17BrClNO5. The molecule has 1 aliphatic rings. The zero-order valence-corrected chi connectivity index (χ0v) is 16.3. The first-order valence-electron chi connectivity index (χ1n) is 7.85. The van der Waals surface area contributed by atoms with Crippen molar-refractivity contribution in [3.8, 4) is 0 Å². The van der Waals surface area contributed by atoms with Gasteiger partial charge >= 0.3 is 11.9 Å². The lowest BCUT2D eigenvalue weighted by molar-refractivity contribution is -0.135. The van der Waals surface area contributed by atoms with Gasteiger partial charge in [0, 0.05) is 21.9 Å². The maximum atomic E-state index is 12.5. The average Bonchev–Trinajstić information content (AvgIpc) is 2.63. The summed E-state index contributed by atoms with van der Waals surface area (Å²) in [6, 6.07) is 4.77. The second kappa shape index (κ2) is 9.00. The number of benzene rings is 1. The molecule has 0 saturated carbocycles. The number of methoxy groups -OCH3 is 1. The first-order chi connectivity index (χ1) is 12.3. The third-order valence-corrected chi connectivity index (χ3v) is 4.81. The van der Waals surface area contributed by atoms with Gasteiger partial charge in [0.2, 0.25) is 0 Å². The monoisotopic (exact) mass is 441 g/mol. The Morgan fingerprint density at radius 3 is 2.50 bits per heavy atom. The van der Waals surface area contributed by atoms with E-state index >= 15 is 0 Å². The topological polar surface area (TPSA) is 92.7 Å². The summed E-state index contributed by atoms with van der Waals surface area (Å²) < 4.78 is 4.78. The Labute approximate surface area is 164 Å². The summed E-state index contributed by atoms with van der Waals surface area (Å²) in [6.45, 7) is 0. The molecule has 1 aromatic rings. The lowest BCUT2D eigenvalue weighted by Gasteiger charge is -2.17. The number of hydrogen-bond donors (Lipinski definition) is 2. The van der Waals surface area contributed by atoms with E-state index in [1.807, 2.05) is 0 Å². The standard InChI is InChI=1S/C18H17BrClNO5/c1-26-18(25)14(19)9-10-8-11(6-7-15(10)20)21-16(22)12-4-2-3-5-13(12)17(23)24/h6-9H,2-5H2,1H3,(H,21,22)(H,23,24). The zero-order valence-electron chi connectivity index (χ0n) is 14.0. The van der Waals surface area contributed by atoms with Gasteiger partial charge in [0.1, 0.15) is 4.48 Å². The molecule has 0 spiro atoms. The van der Waals surface area contributed by atoms with E-state index in [0.717, 1.165) is 12.8 Å². The van der Waals surface area contributed by atoms with Crippen LogP contribution in [0.25, 0.3) is 6.08 Å². The van der Waals surface area contributed by atoms with E-state index in [1.54, 1.807) is 18.2 Å². The molecule has 1 aliphatic carbocycles. The second-order valence-electron chi connectivity index (χ2n) is 5.64. The lowest BCUT2D eigenvalue weighted by atomic mass is 9.91. The molecule has 0 unspecified atom stereocenters. The molecule has 0 aliphatic heterocycles. The van der Waals surface area contributed by atoms with Crippen molar-refractivity contribution in [1.82, 2.24) is 0 Å². The first kappa shape index (κ1) is 20.2. The summed E-state index contributed by atoms with van der Waals surface area (Å²) in [6.07, 6.45) is 3.84. The van der Waals surface area contributed by atoms with Gasteiger partial charge in [0.05, 0.1) is 7.11 Å². The summed E-state index contributed by atoms with van der Waals surface area (Å²) in [4.78, 5) is 35.3. The van der Waals surface area contributed by atoms with Crippen LogP contribution >= 0.6 is 27.5 Å². The van der Waals surface area contributed by atoms with Crippen LogP contribution in [0.3, 0.4) is 0 Å². The molecule has 138 valence electrons. The molecule has 0 aromatic heterocycles. The Kier molecular flexibility index (Phi) is 6.99. The third kappa shape index (κ3) is 4.95. The molecular weight excluding hydrogens is 426 g/mol. The number of carbonyl (C=O) groups excluding carboxylic acids is 2. The number of carboxylic acids is 1. The van der Waals surface area contributed by atoms with Gasteiger partial charge in [-0.25, -0.2) is 9.59 Å². The minimum absolute atomic E-state index is 0.163. The summed E-state index contributed by atoms with van der Waals surface area (Å²) in [5, 5.41) is 12.3. The van der Waals surface area contributed by atoms with Crippen LogP contribution in [0.1, 0.15) is 31.2 Å². The number of aliphatic carboxylic acids is 1. The van der Waals surface area contributed by atoms with Crippen molar-refractivity contribution < 1.29 is 24.2 Å². The van der Waals surface area contributed by atoms with Crippen molar-refractivity contribution in [2.45, 2.75) is 25.7 Å². The number of amides is 1. The molecule has 0 atom stereocenters. The van der Waals surface area contributed by atoms with E-state index in [0.29, 0.717) is 34.7 Å². The fourth-order valence-corrected chi connectivity index (χ4v) is 3.20. The molecule has 26 heavy (non-hydrogen) atoms. The van der Waals surface area contributed by atoms with Gasteiger partial charge in [-0.1, -0.05) is 11.6 Å². The highest BCUT2D eigenvalue weighted by Crippen LogP contribution is 2.28. The predicted molar refractivity (Wildman–Crippen MR) is 102 cm³/mol. The zero-order chi connectivity index (χ0) is 19.3. The lowest BCUT2D eigenvalue weighted by Crippen LogP contribution is -2.21. The molecule has 0 radical (unpaired) electrons. The van der Waals surface area contributed by atoms with Crippen LogP contribution in [0.2, 0.25) is 5.02 Å². The van der Waals surface area contributed by atoms with Gasteiger partial charge in [-0.3, -0.25) is 4.79 Å². The van der Waals surface area contributed by atoms with Crippen LogP contribution in [0.4, 0.5) is 5.69 Å². The van der Waals surface area contributed by atoms with Crippen molar-refractivity contribution in [2.75, 3.05) is 12.4 Å². The number of carboxylic acid groups (broad SMARTS) is 1. The number of esters is 1. The van der Waals surface area contributed by atoms with E-state index in [-0.39, 0.29) is 10.1 Å². The van der Waals surface area contributed by atoms with E-state index in [9.17, 15) is 19.5 Å². The molecule has 2 rings (SSSR count). The Hall–Kier alpha value is -2.12. The number of halogens is 2. The van der Waals surface area contributed by atoms with Crippen LogP contribution in [0, 0.1) is 0 Å². The van der Waals surface area contributed by atoms with Crippen LogP contribution < -0.4 is 5.32 Å². The van der Waals surface area contributed by atoms with Gasteiger partial charge in [-0.15, -0.1) is 0 Å². The van der Waals surface area contributed by atoms with Crippen LogP contribution in [0.5, 0.6) is 0 Å². The summed E-state index contributed by atoms with van der Waals surface area (Å²) >= 11 is 9.22. The Bertz CT molecular complexity index is 816.